The van der Waals surface area contributed by atoms with E-state index in [-0.39, 0.29) is 23.1 Å². The molecule has 0 aromatic heterocycles. The Morgan fingerprint density at radius 3 is 1.82 bits per heavy atom. The van der Waals surface area contributed by atoms with Crippen molar-refractivity contribution in [3.63, 3.8) is 0 Å². The zero-order chi connectivity index (χ0) is 34.9. The van der Waals surface area contributed by atoms with Crippen molar-refractivity contribution in [2.24, 2.45) is 0 Å². The second kappa shape index (κ2) is 10.4. The molecule has 6 aromatic carbocycles. The maximum absolute atomic E-state index is 2.68. The zero-order valence-electron chi connectivity index (χ0n) is 30.5. The molecule has 1 saturated carbocycles. The van der Waals surface area contributed by atoms with Crippen LogP contribution in [0.5, 0.6) is 0 Å². The van der Waals surface area contributed by atoms with Gasteiger partial charge in [-0.25, -0.2) is 0 Å². The number of para-hydroxylation sites is 3. The van der Waals surface area contributed by atoms with Gasteiger partial charge in [0.1, 0.15) is 0 Å². The van der Waals surface area contributed by atoms with Crippen molar-refractivity contribution >= 4 is 68.6 Å². The number of hydrogen-bond acceptors (Lipinski definition) is 3. The minimum Gasteiger partial charge on any atom is -0.334 e. The molecule has 3 nitrogen and oxygen atoms in total. The third-order valence-electron chi connectivity index (χ3n) is 12.9. The van der Waals surface area contributed by atoms with Gasteiger partial charge in [0.25, 0.3) is 6.71 Å². The van der Waals surface area contributed by atoms with Gasteiger partial charge < -0.3 is 14.7 Å². The highest BCUT2D eigenvalue weighted by Gasteiger charge is 2.63. The van der Waals surface area contributed by atoms with Gasteiger partial charge in [-0.1, -0.05) is 100 Å². The van der Waals surface area contributed by atoms with Gasteiger partial charge in [-0.2, -0.15) is 0 Å². The van der Waals surface area contributed by atoms with Crippen LogP contribution >= 0.6 is 0 Å². The number of aryl methyl sites for hydroxylation is 1. The van der Waals surface area contributed by atoms with Crippen LogP contribution < -0.4 is 31.1 Å². The van der Waals surface area contributed by atoms with Crippen LogP contribution in [0.2, 0.25) is 0 Å². The molecular weight excluding hydrogens is 617 g/mol. The van der Waals surface area contributed by atoms with Crippen LogP contribution in [0.25, 0.3) is 0 Å². The predicted molar refractivity (Wildman–Crippen MR) is 217 cm³/mol. The Morgan fingerprint density at radius 1 is 0.549 bits per heavy atom. The second-order valence-electron chi connectivity index (χ2n) is 16.7. The highest BCUT2D eigenvalue weighted by Crippen LogP contribution is 2.65. The van der Waals surface area contributed by atoms with E-state index in [2.05, 4.69) is 190 Å². The van der Waals surface area contributed by atoms with Gasteiger partial charge >= 0.3 is 0 Å². The molecule has 3 heterocycles. The van der Waals surface area contributed by atoms with Crippen LogP contribution in [0.4, 0.5) is 45.5 Å². The van der Waals surface area contributed by atoms with E-state index in [1.54, 1.807) is 0 Å². The summed E-state index contributed by atoms with van der Waals surface area (Å²) in [5, 5.41) is 0. The summed E-state index contributed by atoms with van der Waals surface area (Å²) >= 11 is 0. The Kier molecular flexibility index (Phi) is 6.25. The number of nitrogens with zero attached hydrogens (tertiary/aromatic N) is 3. The Labute approximate surface area is 303 Å². The molecule has 51 heavy (non-hydrogen) atoms. The largest absolute Gasteiger partial charge is 0.334 e. The molecule has 0 bridgehead atoms. The molecule has 10 rings (SSSR count). The summed E-state index contributed by atoms with van der Waals surface area (Å²) in [4.78, 5) is 7.72. The van der Waals surface area contributed by atoms with Crippen molar-refractivity contribution in [1.29, 1.82) is 0 Å². The van der Waals surface area contributed by atoms with Crippen molar-refractivity contribution in [3.8, 4) is 0 Å². The molecule has 2 unspecified atom stereocenters. The first-order valence-corrected chi connectivity index (χ1v) is 18.6. The highest BCUT2D eigenvalue weighted by atomic mass is 15.3. The molecule has 0 spiro atoms. The van der Waals surface area contributed by atoms with Crippen molar-refractivity contribution < 1.29 is 0 Å². The number of anilines is 8. The molecule has 250 valence electrons. The summed E-state index contributed by atoms with van der Waals surface area (Å²) in [6.07, 6.45) is 2.41. The number of benzene rings is 6. The van der Waals surface area contributed by atoms with Crippen LogP contribution in [0, 0.1) is 6.92 Å². The van der Waals surface area contributed by atoms with Crippen LogP contribution in [-0.2, 0) is 10.8 Å². The summed E-state index contributed by atoms with van der Waals surface area (Å²) in [5.41, 5.74) is 18.5. The molecule has 0 N–H and O–H groups in total. The molecule has 4 heteroatoms. The number of fused-ring (bicyclic) bond motifs is 7. The van der Waals surface area contributed by atoms with E-state index in [0.717, 1.165) is 0 Å². The third kappa shape index (κ3) is 4.08. The molecule has 0 radical (unpaired) electrons. The average Bonchev–Trinajstić information content (AvgIpc) is 3.26. The Bertz CT molecular complexity index is 2370. The number of rotatable bonds is 3. The lowest BCUT2D eigenvalue weighted by Gasteiger charge is -2.56. The van der Waals surface area contributed by atoms with E-state index in [9.17, 15) is 0 Å². The van der Waals surface area contributed by atoms with Crippen LogP contribution in [-0.4, -0.2) is 12.3 Å². The monoisotopic (exact) mass is 661 g/mol. The Balaban J connectivity index is 1.25. The first kappa shape index (κ1) is 30.6. The van der Waals surface area contributed by atoms with Crippen LogP contribution in [0.15, 0.2) is 133 Å². The topological polar surface area (TPSA) is 9.72 Å². The van der Waals surface area contributed by atoms with E-state index in [4.69, 9.17) is 0 Å². The van der Waals surface area contributed by atoms with Gasteiger partial charge in [-0.05, 0) is 126 Å². The molecule has 1 fully saturated rings. The van der Waals surface area contributed by atoms with Crippen molar-refractivity contribution in [3.05, 3.63) is 150 Å². The standard InChI is InChI=1S/C47H44BN3/c1-31-28-42-44-43(29-31)50(34-22-20-32(21-23-34)45(2,3)4)41-30-35(51-39-18-12-10-16-36(39)46(5)26-27-47(46,51)6)24-25-38(41)48(44)37-17-11-13-19-40(37)49(42)33-14-8-7-9-15-33/h7-25,28-30H,26-27H2,1-6H3. The van der Waals surface area contributed by atoms with Crippen LogP contribution in [0.3, 0.4) is 0 Å². The molecule has 1 aliphatic carbocycles. The smallest absolute Gasteiger partial charge is 0.252 e. The minimum atomic E-state index is 0.0358. The second-order valence-corrected chi connectivity index (χ2v) is 16.7. The van der Waals surface area contributed by atoms with E-state index in [1.807, 2.05) is 0 Å². The van der Waals surface area contributed by atoms with Crippen LogP contribution in [0.1, 0.15) is 64.2 Å². The lowest BCUT2D eigenvalue weighted by Crippen LogP contribution is -2.62. The molecule has 4 aliphatic rings. The van der Waals surface area contributed by atoms with Gasteiger partial charge in [0, 0.05) is 50.9 Å². The van der Waals surface area contributed by atoms with E-state index in [1.165, 1.54) is 91.4 Å². The first-order valence-electron chi connectivity index (χ1n) is 18.6. The fraction of sp³-hybridized carbons (Fsp3) is 0.234. The quantitative estimate of drug-likeness (QED) is 0.175. The van der Waals surface area contributed by atoms with Gasteiger partial charge in [0.05, 0.1) is 5.54 Å². The van der Waals surface area contributed by atoms with Gasteiger partial charge in [0.15, 0.2) is 0 Å². The molecule has 0 saturated heterocycles. The summed E-state index contributed by atoms with van der Waals surface area (Å²) in [6.45, 7) is 14.2. The molecule has 3 aliphatic heterocycles. The lowest BCUT2D eigenvalue weighted by atomic mass is 9.33. The number of hydrogen-bond donors (Lipinski definition) is 0. The minimum absolute atomic E-state index is 0.0358. The summed E-state index contributed by atoms with van der Waals surface area (Å²) in [7, 11) is 0. The normalized spacial score (nSPS) is 21.0. The predicted octanol–water partition coefficient (Wildman–Crippen LogP) is 10.3. The first-order chi connectivity index (χ1) is 24.6. The summed E-state index contributed by atoms with van der Waals surface area (Å²) in [5.74, 6) is 0. The van der Waals surface area contributed by atoms with E-state index in [0.29, 0.717) is 0 Å². The Hall–Kier alpha value is -5.22. The lowest BCUT2D eigenvalue weighted by molar-refractivity contribution is 0.133. The van der Waals surface area contributed by atoms with Crippen molar-refractivity contribution in [2.45, 2.75) is 70.8 Å². The Morgan fingerprint density at radius 2 is 1.14 bits per heavy atom. The molecule has 2 atom stereocenters. The van der Waals surface area contributed by atoms with E-state index >= 15 is 0 Å². The highest BCUT2D eigenvalue weighted by molar-refractivity contribution is 7.00. The molecular formula is C47H44BN3. The summed E-state index contributed by atoms with van der Waals surface area (Å²) < 4.78 is 0. The molecule has 6 aromatic rings. The zero-order valence-corrected chi connectivity index (χ0v) is 30.5. The maximum Gasteiger partial charge on any atom is 0.252 e. The van der Waals surface area contributed by atoms with Gasteiger partial charge in [-0.15, -0.1) is 0 Å². The summed E-state index contributed by atoms with van der Waals surface area (Å²) in [6, 6.07) is 50.6. The van der Waals surface area contributed by atoms with E-state index < -0.39 is 0 Å². The third-order valence-corrected chi connectivity index (χ3v) is 12.9. The van der Waals surface area contributed by atoms with Gasteiger partial charge in [-0.3, -0.25) is 0 Å². The SMILES string of the molecule is Cc1cc2c3c(c1)N(c1ccc(C(C)(C)C)cc1)c1cc(N4c5ccccc5C5(C)CCC45C)ccc1B3c1ccccc1N2c1ccccc1. The maximum atomic E-state index is 2.68. The average molecular weight is 662 g/mol. The fourth-order valence-electron chi connectivity index (χ4n) is 9.92. The molecule has 0 amide bonds. The van der Waals surface area contributed by atoms with Gasteiger partial charge in [0.2, 0.25) is 0 Å². The fourth-order valence-corrected chi connectivity index (χ4v) is 9.92. The van der Waals surface area contributed by atoms with Crippen molar-refractivity contribution in [1.82, 2.24) is 0 Å². The van der Waals surface area contributed by atoms with Crippen molar-refractivity contribution in [2.75, 3.05) is 14.7 Å².